The molecule has 1 aliphatic rings. The van der Waals surface area contributed by atoms with Gasteiger partial charge in [-0.05, 0) is 31.2 Å². The van der Waals surface area contributed by atoms with Gasteiger partial charge in [0.15, 0.2) is 11.5 Å². The Bertz CT molecular complexity index is 1560. The summed E-state index contributed by atoms with van der Waals surface area (Å²) in [5, 5.41) is 5.71. The lowest BCUT2D eigenvalue weighted by atomic mass is 9.83. The Kier molecular flexibility index (Phi) is 5.61. The zero-order valence-corrected chi connectivity index (χ0v) is 22.4. The molecule has 1 saturated heterocycles. The Labute approximate surface area is 210 Å². The van der Waals surface area contributed by atoms with E-state index in [-0.39, 0.29) is 5.41 Å². The van der Waals surface area contributed by atoms with Crippen molar-refractivity contribution in [2.24, 2.45) is 12.5 Å². The number of halogens is 1. The molecule has 186 valence electrons. The van der Waals surface area contributed by atoms with Crippen LogP contribution in [0.5, 0.6) is 0 Å². The molecule has 3 aromatic heterocycles. The van der Waals surface area contributed by atoms with Crippen LogP contribution in [0.2, 0.25) is 5.02 Å². The molecule has 0 aliphatic carbocycles. The second-order valence-electron chi connectivity index (χ2n) is 10.2. The van der Waals surface area contributed by atoms with Crippen molar-refractivity contribution in [1.82, 2.24) is 28.0 Å². The van der Waals surface area contributed by atoms with E-state index in [1.165, 1.54) is 22.4 Å². The van der Waals surface area contributed by atoms with Gasteiger partial charge in [0, 0.05) is 63.1 Å². The normalized spacial score (nSPS) is 16.6. The summed E-state index contributed by atoms with van der Waals surface area (Å²) in [7, 11) is 0.995. The zero-order valence-electron chi connectivity index (χ0n) is 20.9. The first-order chi connectivity index (χ1) is 16.4. The summed E-state index contributed by atoms with van der Waals surface area (Å²) in [5.41, 5.74) is 3.90. The van der Waals surface area contributed by atoms with Crippen molar-refractivity contribution in [3.05, 3.63) is 35.2 Å². The maximum atomic E-state index is 13.3. The standard InChI is InChI=1S/C24H30ClN7O2S/c1-15-22(31-11-9-24(2,3)10-12-31)27-23-21(26-15)17(14-32(23)35(33,34)29(4)5)16-7-8-19-18(20(16)25)13-30(6)28-19/h7-8,13-14H,9-12H2,1-6H3. The van der Waals surface area contributed by atoms with E-state index in [9.17, 15) is 8.42 Å². The molecule has 4 heterocycles. The van der Waals surface area contributed by atoms with Gasteiger partial charge in [0.1, 0.15) is 5.52 Å². The number of hydrogen-bond donors (Lipinski definition) is 0. The number of piperidine rings is 1. The Morgan fingerprint density at radius 3 is 2.40 bits per heavy atom. The van der Waals surface area contributed by atoms with E-state index in [4.69, 9.17) is 21.6 Å². The first kappa shape index (κ1) is 24.0. The van der Waals surface area contributed by atoms with Gasteiger partial charge < -0.3 is 4.90 Å². The first-order valence-electron chi connectivity index (χ1n) is 11.6. The molecule has 0 N–H and O–H groups in total. The molecule has 0 atom stereocenters. The van der Waals surface area contributed by atoms with E-state index >= 15 is 0 Å². The predicted molar refractivity (Wildman–Crippen MR) is 140 cm³/mol. The fourth-order valence-corrected chi connectivity index (χ4v) is 5.88. The maximum absolute atomic E-state index is 13.3. The summed E-state index contributed by atoms with van der Waals surface area (Å²) < 4.78 is 30.7. The van der Waals surface area contributed by atoms with Crippen LogP contribution < -0.4 is 4.90 Å². The molecule has 1 aromatic carbocycles. The first-order valence-corrected chi connectivity index (χ1v) is 13.4. The highest BCUT2D eigenvalue weighted by molar-refractivity contribution is 7.87. The zero-order chi connectivity index (χ0) is 25.3. The third kappa shape index (κ3) is 3.97. The molecular weight excluding hydrogens is 486 g/mol. The highest BCUT2D eigenvalue weighted by Gasteiger charge is 2.30. The molecule has 0 amide bonds. The van der Waals surface area contributed by atoms with Crippen LogP contribution in [0.3, 0.4) is 0 Å². The molecule has 5 rings (SSSR count). The van der Waals surface area contributed by atoms with Crippen LogP contribution in [0.4, 0.5) is 5.82 Å². The minimum absolute atomic E-state index is 0.283. The van der Waals surface area contributed by atoms with Gasteiger partial charge in [-0.25, -0.2) is 13.9 Å². The van der Waals surface area contributed by atoms with E-state index in [0.29, 0.717) is 27.3 Å². The molecule has 0 unspecified atom stereocenters. The smallest absolute Gasteiger partial charge is 0.308 e. The molecule has 0 spiro atoms. The van der Waals surface area contributed by atoms with Gasteiger partial charge in [-0.15, -0.1) is 0 Å². The average molecular weight is 516 g/mol. The Morgan fingerprint density at radius 1 is 1.06 bits per heavy atom. The van der Waals surface area contributed by atoms with Crippen LogP contribution in [-0.4, -0.2) is 63.6 Å². The van der Waals surface area contributed by atoms with Gasteiger partial charge >= 0.3 is 10.2 Å². The van der Waals surface area contributed by atoms with Crippen molar-refractivity contribution in [1.29, 1.82) is 0 Å². The largest absolute Gasteiger partial charge is 0.355 e. The Hall–Kier alpha value is -2.69. The molecule has 0 radical (unpaired) electrons. The topological polar surface area (TPSA) is 89.1 Å². The fourth-order valence-electron chi connectivity index (χ4n) is 4.63. The monoisotopic (exact) mass is 515 g/mol. The van der Waals surface area contributed by atoms with Crippen LogP contribution in [-0.2, 0) is 17.3 Å². The Morgan fingerprint density at radius 2 is 1.74 bits per heavy atom. The minimum Gasteiger partial charge on any atom is -0.355 e. The predicted octanol–water partition coefficient (Wildman–Crippen LogP) is 4.23. The number of rotatable bonds is 4. The number of fused-ring (bicyclic) bond motifs is 2. The van der Waals surface area contributed by atoms with Crippen molar-refractivity contribution in [2.45, 2.75) is 33.6 Å². The quantitative estimate of drug-likeness (QED) is 0.404. The molecule has 35 heavy (non-hydrogen) atoms. The maximum Gasteiger partial charge on any atom is 0.308 e. The van der Waals surface area contributed by atoms with Crippen LogP contribution in [0.25, 0.3) is 33.2 Å². The summed E-state index contributed by atoms with van der Waals surface area (Å²) in [6.45, 7) is 8.18. The van der Waals surface area contributed by atoms with Crippen LogP contribution in [0, 0.1) is 12.3 Å². The van der Waals surface area contributed by atoms with Crippen molar-refractivity contribution in [3.63, 3.8) is 0 Å². The fraction of sp³-hybridized carbons (Fsp3) is 0.458. The number of anilines is 1. The van der Waals surface area contributed by atoms with E-state index in [1.807, 2.05) is 32.3 Å². The van der Waals surface area contributed by atoms with Crippen LogP contribution >= 0.6 is 11.6 Å². The van der Waals surface area contributed by atoms with E-state index in [1.54, 1.807) is 10.9 Å². The molecule has 1 fully saturated rings. The number of benzene rings is 1. The van der Waals surface area contributed by atoms with E-state index in [0.717, 1.165) is 48.3 Å². The van der Waals surface area contributed by atoms with Crippen molar-refractivity contribution in [3.8, 4) is 11.1 Å². The highest BCUT2D eigenvalue weighted by atomic mass is 35.5. The van der Waals surface area contributed by atoms with E-state index in [2.05, 4.69) is 23.8 Å². The van der Waals surface area contributed by atoms with Crippen LogP contribution in [0.15, 0.2) is 24.5 Å². The summed E-state index contributed by atoms with van der Waals surface area (Å²) >= 11 is 6.82. The van der Waals surface area contributed by atoms with Crippen molar-refractivity contribution in [2.75, 3.05) is 32.1 Å². The molecule has 1 aliphatic heterocycles. The summed E-state index contributed by atoms with van der Waals surface area (Å²) in [6, 6.07) is 3.74. The third-order valence-electron chi connectivity index (χ3n) is 6.89. The van der Waals surface area contributed by atoms with Gasteiger partial charge in [0.2, 0.25) is 0 Å². The second kappa shape index (κ2) is 8.18. The number of aryl methyl sites for hydroxylation is 2. The highest BCUT2D eigenvalue weighted by Crippen LogP contribution is 2.39. The Balaban J connectivity index is 1.75. The minimum atomic E-state index is -3.85. The SMILES string of the molecule is Cc1nc2c(-c3ccc4nn(C)cc4c3Cl)cn(S(=O)(=O)N(C)C)c2nc1N1CCC(C)(C)CC1. The number of nitrogens with zero attached hydrogens (tertiary/aromatic N) is 7. The molecule has 4 aromatic rings. The molecule has 0 saturated carbocycles. The van der Waals surface area contributed by atoms with Crippen molar-refractivity contribution < 1.29 is 8.42 Å². The lowest BCUT2D eigenvalue weighted by Crippen LogP contribution is -2.38. The van der Waals surface area contributed by atoms with Crippen LogP contribution in [0.1, 0.15) is 32.4 Å². The van der Waals surface area contributed by atoms with E-state index < -0.39 is 10.2 Å². The summed E-state index contributed by atoms with van der Waals surface area (Å²) in [4.78, 5) is 12.0. The number of hydrogen-bond acceptors (Lipinski definition) is 6. The van der Waals surface area contributed by atoms with Gasteiger partial charge in [0.25, 0.3) is 0 Å². The lowest BCUT2D eigenvalue weighted by molar-refractivity contribution is 0.279. The molecular formula is C24H30ClN7O2S. The summed E-state index contributed by atoms with van der Waals surface area (Å²) in [6.07, 6.45) is 5.50. The molecule has 0 bridgehead atoms. The molecule has 11 heteroatoms. The average Bonchev–Trinajstić information content (AvgIpc) is 3.34. The number of aromatic nitrogens is 5. The third-order valence-corrected chi connectivity index (χ3v) is 9.00. The van der Waals surface area contributed by atoms with Gasteiger partial charge in [-0.3, -0.25) is 4.68 Å². The van der Waals surface area contributed by atoms with Gasteiger partial charge in [-0.1, -0.05) is 31.5 Å². The van der Waals surface area contributed by atoms with Gasteiger partial charge in [-0.2, -0.15) is 17.8 Å². The van der Waals surface area contributed by atoms with Crippen molar-refractivity contribution >= 4 is 49.7 Å². The molecule has 9 nitrogen and oxygen atoms in total. The van der Waals surface area contributed by atoms with Gasteiger partial charge in [0.05, 0.1) is 16.2 Å². The second-order valence-corrected chi connectivity index (χ2v) is 12.6. The summed E-state index contributed by atoms with van der Waals surface area (Å²) in [5.74, 6) is 0.724. The lowest BCUT2D eigenvalue weighted by Gasteiger charge is -2.37.